The SMILES string of the molecule is CCOC(CCNC(=NC)N(C)Cc1csc(C(C)OC)n1)C(C)C. The van der Waals surface area contributed by atoms with Gasteiger partial charge in [-0.05, 0) is 26.2 Å². The lowest BCUT2D eigenvalue weighted by molar-refractivity contribution is 0.0257. The summed E-state index contributed by atoms with van der Waals surface area (Å²) in [6, 6.07) is 0. The van der Waals surface area contributed by atoms with Crippen molar-refractivity contribution in [2.24, 2.45) is 10.9 Å². The lowest BCUT2D eigenvalue weighted by atomic mass is 10.0. The number of hydrogen-bond donors (Lipinski definition) is 1. The van der Waals surface area contributed by atoms with Gasteiger partial charge >= 0.3 is 0 Å². The molecule has 144 valence electrons. The second-order valence-corrected chi connectivity index (χ2v) is 7.30. The maximum atomic E-state index is 5.80. The predicted molar refractivity (Wildman–Crippen MR) is 105 cm³/mol. The van der Waals surface area contributed by atoms with Gasteiger partial charge in [-0.3, -0.25) is 4.99 Å². The molecule has 0 fully saturated rings. The third-order valence-corrected chi connectivity index (χ3v) is 5.13. The highest BCUT2D eigenvalue weighted by Crippen LogP contribution is 2.20. The van der Waals surface area contributed by atoms with E-state index < -0.39 is 0 Å². The van der Waals surface area contributed by atoms with Crippen LogP contribution in [0.1, 0.15) is 50.9 Å². The fourth-order valence-corrected chi connectivity index (χ4v) is 3.38. The Morgan fingerprint density at radius 3 is 2.68 bits per heavy atom. The van der Waals surface area contributed by atoms with Gasteiger partial charge in [0.1, 0.15) is 11.1 Å². The summed E-state index contributed by atoms with van der Waals surface area (Å²) in [5.41, 5.74) is 1.03. The molecule has 1 heterocycles. The third-order valence-electron chi connectivity index (χ3n) is 4.08. The summed E-state index contributed by atoms with van der Waals surface area (Å²) in [6.45, 7) is 10.8. The Morgan fingerprint density at radius 2 is 2.12 bits per heavy atom. The van der Waals surface area contributed by atoms with Crippen molar-refractivity contribution in [3.63, 3.8) is 0 Å². The number of methoxy groups -OCH3 is 1. The number of hydrogen-bond acceptors (Lipinski definition) is 5. The van der Waals surface area contributed by atoms with Gasteiger partial charge in [0.2, 0.25) is 0 Å². The molecule has 0 aromatic carbocycles. The van der Waals surface area contributed by atoms with Gasteiger partial charge in [-0.15, -0.1) is 11.3 Å². The van der Waals surface area contributed by atoms with Crippen LogP contribution in [0.25, 0.3) is 0 Å². The van der Waals surface area contributed by atoms with Crippen LogP contribution in [-0.4, -0.2) is 56.3 Å². The second-order valence-electron chi connectivity index (χ2n) is 6.41. The van der Waals surface area contributed by atoms with E-state index in [2.05, 4.69) is 39.4 Å². The highest BCUT2D eigenvalue weighted by Gasteiger charge is 2.15. The van der Waals surface area contributed by atoms with Gasteiger partial charge < -0.3 is 19.7 Å². The van der Waals surface area contributed by atoms with E-state index in [0.29, 0.717) is 12.5 Å². The first-order valence-corrected chi connectivity index (χ1v) is 9.81. The topological polar surface area (TPSA) is 59.0 Å². The molecule has 0 amide bonds. The van der Waals surface area contributed by atoms with Crippen LogP contribution in [-0.2, 0) is 16.0 Å². The van der Waals surface area contributed by atoms with E-state index in [1.165, 1.54) is 0 Å². The Balaban J connectivity index is 2.52. The number of aromatic nitrogens is 1. The Bertz CT molecular complexity index is 519. The van der Waals surface area contributed by atoms with E-state index in [9.17, 15) is 0 Å². The van der Waals surface area contributed by atoms with E-state index in [0.717, 1.165) is 36.2 Å². The van der Waals surface area contributed by atoms with E-state index in [-0.39, 0.29) is 12.2 Å². The Kier molecular flexibility index (Phi) is 10.0. The smallest absolute Gasteiger partial charge is 0.193 e. The first-order chi connectivity index (χ1) is 11.9. The van der Waals surface area contributed by atoms with Crippen molar-refractivity contribution >= 4 is 17.3 Å². The Morgan fingerprint density at radius 1 is 1.40 bits per heavy atom. The first-order valence-electron chi connectivity index (χ1n) is 8.93. The molecular formula is C18H34N4O2S. The molecule has 0 saturated carbocycles. The normalized spacial score (nSPS) is 14.6. The molecule has 1 aromatic heterocycles. The van der Waals surface area contributed by atoms with Gasteiger partial charge in [-0.2, -0.15) is 0 Å². The van der Waals surface area contributed by atoms with Gasteiger partial charge in [0.05, 0.1) is 18.3 Å². The van der Waals surface area contributed by atoms with Crippen molar-refractivity contribution < 1.29 is 9.47 Å². The van der Waals surface area contributed by atoms with Crippen LogP contribution in [0.2, 0.25) is 0 Å². The summed E-state index contributed by atoms with van der Waals surface area (Å²) in [6.07, 6.45) is 1.27. The standard InChI is InChI=1S/C18H34N4O2S/c1-8-24-16(13(2)3)9-10-20-18(19-5)22(6)11-15-12-25-17(21-15)14(4)23-7/h12-14,16H,8-11H2,1-7H3,(H,19,20). The second kappa shape index (κ2) is 11.4. The zero-order chi connectivity index (χ0) is 18.8. The number of aliphatic imine (C=N–C) groups is 1. The average Bonchev–Trinajstić information content (AvgIpc) is 3.05. The summed E-state index contributed by atoms with van der Waals surface area (Å²) in [5.74, 6) is 1.38. The molecule has 2 atom stereocenters. The van der Waals surface area contributed by atoms with Crippen LogP contribution in [0.5, 0.6) is 0 Å². The average molecular weight is 371 g/mol. The first kappa shape index (κ1) is 21.9. The molecule has 0 bridgehead atoms. The van der Waals surface area contributed by atoms with Crippen molar-refractivity contribution in [1.82, 2.24) is 15.2 Å². The summed E-state index contributed by atoms with van der Waals surface area (Å²) in [7, 11) is 5.54. The summed E-state index contributed by atoms with van der Waals surface area (Å²) in [5, 5.41) is 6.51. The molecule has 2 unspecified atom stereocenters. The molecule has 25 heavy (non-hydrogen) atoms. The van der Waals surface area contributed by atoms with Crippen molar-refractivity contribution in [2.45, 2.75) is 52.9 Å². The van der Waals surface area contributed by atoms with E-state index in [1.54, 1.807) is 25.5 Å². The molecular weight excluding hydrogens is 336 g/mol. The molecule has 6 nitrogen and oxygen atoms in total. The zero-order valence-electron chi connectivity index (χ0n) is 16.7. The maximum Gasteiger partial charge on any atom is 0.193 e. The lowest BCUT2D eigenvalue weighted by Gasteiger charge is -2.24. The van der Waals surface area contributed by atoms with Crippen molar-refractivity contribution in [1.29, 1.82) is 0 Å². The predicted octanol–water partition coefficient (Wildman–Crippen LogP) is 3.31. The van der Waals surface area contributed by atoms with E-state index >= 15 is 0 Å². The number of thiazole rings is 1. The largest absolute Gasteiger partial charge is 0.378 e. The van der Waals surface area contributed by atoms with Crippen LogP contribution in [0.3, 0.4) is 0 Å². The minimum atomic E-state index is 0.0352. The van der Waals surface area contributed by atoms with Crippen LogP contribution >= 0.6 is 11.3 Å². The molecule has 0 aliphatic carbocycles. The number of guanidine groups is 1. The number of nitrogens with one attached hydrogen (secondary N) is 1. The van der Waals surface area contributed by atoms with Gasteiger partial charge in [-0.1, -0.05) is 13.8 Å². The highest BCUT2D eigenvalue weighted by atomic mass is 32.1. The summed E-state index contributed by atoms with van der Waals surface area (Å²) in [4.78, 5) is 11.1. The van der Waals surface area contributed by atoms with Crippen molar-refractivity contribution in [3.05, 3.63) is 16.1 Å². The Labute approximate surface area is 156 Å². The van der Waals surface area contributed by atoms with Gasteiger partial charge in [0, 0.05) is 39.7 Å². The van der Waals surface area contributed by atoms with Crippen LogP contribution in [0, 0.1) is 5.92 Å². The van der Waals surface area contributed by atoms with E-state index in [1.807, 2.05) is 20.9 Å². The minimum absolute atomic E-state index is 0.0352. The van der Waals surface area contributed by atoms with Gasteiger partial charge in [0.25, 0.3) is 0 Å². The number of ether oxygens (including phenoxy) is 2. The fourth-order valence-electron chi connectivity index (χ4n) is 2.53. The Hall–Kier alpha value is -1.18. The molecule has 0 aliphatic rings. The maximum absolute atomic E-state index is 5.80. The van der Waals surface area contributed by atoms with E-state index in [4.69, 9.17) is 9.47 Å². The molecule has 0 spiro atoms. The fraction of sp³-hybridized carbons (Fsp3) is 0.778. The molecule has 1 rings (SSSR count). The van der Waals surface area contributed by atoms with Crippen molar-refractivity contribution in [2.75, 3.05) is 34.4 Å². The minimum Gasteiger partial charge on any atom is -0.378 e. The van der Waals surface area contributed by atoms with Gasteiger partial charge in [-0.25, -0.2) is 4.98 Å². The molecule has 0 saturated heterocycles. The zero-order valence-corrected chi connectivity index (χ0v) is 17.5. The quantitative estimate of drug-likeness (QED) is 0.506. The van der Waals surface area contributed by atoms with Gasteiger partial charge in [0.15, 0.2) is 5.96 Å². The van der Waals surface area contributed by atoms with Crippen LogP contribution < -0.4 is 5.32 Å². The number of nitrogens with zero attached hydrogens (tertiary/aromatic N) is 3. The van der Waals surface area contributed by atoms with Crippen molar-refractivity contribution in [3.8, 4) is 0 Å². The van der Waals surface area contributed by atoms with Crippen LogP contribution in [0.15, 0.2) is 10.4 Å². The molecule has 1 N–H and O–H groups in total. The molecule has 0 radical (unpaired) electrons. The third kappa shape index (κ3) is 7.30. The summed E-state index contributed by atoms with van der Waals surface area (Å²) < 4.78 is 11.1. The summed E-state index contributed by atoms with van der Waals surface area (Å²) >= 11 is 1.63. The molecule has 1 aromatic rings. The lowest BCUT2D eigenvalue weighted by Crippen LogP contribution is -2.40. The monoisotopic (exact) mass is 370 g/mol. The highest BCUT2D eigenvalue weighted by molar-refractivity contribution is 7.09. The number of rotatable bonds is 10. The molecule has 7 heteroatoms. The van der Waals surface area contributed by atoms with Crippen LogP contribution in [0.4, 0.5) is 0 Å². The molecule has 0 aliphatic heterocycles.